The zero-order valence-corrected chi connectivity index (χ0v) is 6.02. The van der Waals surface area contributed by atoms with Crippen LogP contribution in [0.4, 0.5) is 0 Å². The van der Waals surface area contributed by atoms with Gasteiger partial charge in [0, 0.05) is 0 Å². The van der Waals surface area contributed by atoms with Crippen LogP contribution >= 0.6 is 0 Å². The monoisotopic (exact) mass is 125 g/mol. The van der Waals surface area contributed by atoms with Gasteiger partial charge in [0.15, 0.2) is 0 Å². The van der Waals surface area contributed by atoms with E-state index in [0.29, 0.717) is 0 Å². The molecule has 9 heavy (non-hydrogen) atoms. The lowest BCUT2D eigenvalue weighted by Gasteiger charge is -2.13. The predicted octanol–water partition coefficient (Wildman–Crippen LogP) is 1.37. The van der Waals surface area contributed by atoms with Crippen molar-refractivity contribution in [3.8, 4) is 5.92 Å². The topological polar surface area (TPSA) is 20.2 Å². The van der Waals surface area contributed by atoms with E-state index in [1.165, 1.54) is 0 Å². The third kappa shape index (κ3) is 2.53. The van der Waals surface area contributed by atoms with Gasteiger partial charge in [-0.1, -0.05) is 19.8 Å². The number of rotatable bonds is 3. The van der Waals surface area contributed by atoms with E-state index in [4.69, 9.17) is 11.5 Å². The molecule has 1 nitrogen and oxygen atoms in total. The molecule has 0 spiro atoms. The van der Waals surface area contributed by atoms with Crippen molar-refractivity contribution in [2.75, 3.05) is 0 Å². The summed E-state index contributed by atoms with van der Waals surface area (Å²) >= 11 is 0. The summed E-state index contributed by atoms with van der Waals surface area (Å²) in [4.78, 5) is 0. The van der Waals surface area contributed by atoms with Gasteiger partial charge in [-0.25, -0.2) is 0 Å². The first-order valence-corrected chi connectivity index (χ1v) is 3.36. The maximum Gasteiger partial charge on any atom is 0.118 e. The molecule has 1 N–H and O–H groups in total. The predicted molar refractivity (Wildman–Crippen MR) is 37.2 cm³/mol. The molecule has 0 aromatic heterocycles. The fourth-order valence-corrected chi connectivity index (χ4v) is 0.853. The zero-order chi connectivity index (χ0) is 7.28. The Labute approximate surface area is 57.1 Å². The van der Waals surface area contributed by atoms with Gasteiger partial charge in [0.05, 0.1) is 0 Å². The average Bonchev–Trinajstić information content (AvgIpc) is 1.90. The molecule has 0 rings (SSSR count). The van der Waals surface area contributed by atoms with Crippen molar-refractivity contribution in [1.82, 2.24) is 0 Å². The largest absolute Gasteiger partial charge is 0.380 e. The molecule has 0 heterocycles. The summed E-state index contributed by atoms with van der Waals surface area (Å²) in [5.41, 5.74) is 0. The molecule has 0 bridgehead atoms. The average molecular weight is 125 g/mol. The van der Waals surface area contributed by atoms with E-state index in [0.717, 1.165) is 12.8 Å². The summed E-state index contributed by atoms with van der Waals surface area (Å²) in [7, 11) is 0. The van der Waals surface area contributed by atoms with Crippen LogP contribution in [0.2, 0.25) is 0 Å². The van der Waals surface area contributed by atoms with Crippen LogP contribution in [-0.2, 0) is 0 Å². The van der Waals surface area contributed by atoms with E-state index in [1.807, 2.05) is 13.8 Å². The Morgan fingerprint density at radius 2 is 1.89 bits per heavy atom. The summed E-state index contributed by atoms with van der Waals surface area (Å²) in [6.45, 7) is 4.02. The van der Waals surface area contributed by atoms with Crippen LogP contribution in [0, 0.1) is 18.3 Å². The maximum absolute atomic E-state index is 9.02. The Kier molecular flexibility index (Phi) is 4.17. The summed E-state index contributed by atoms with van der Waals surface area (Å²) in [6.07, 6.45) is 7.83. The van der Waals surface area contributed by atoms with E-state index >= 15 is 0 Å². The van der Waals surface area contributed by atoms with Crippen LogP contribution < -0.4 is 0 Å². The SMILES string of the molecule is [C]#CC(O)C(CC)CC. The molecule has 0 fully saturated rings. The van der Waals surface area contributed by atoms with Gasteiger partial charge in [-0.2, -0.15) is 0 Å². The lowest BCUT2D eigenvalue weighted by Crippen LogP contribution is -2.16. The second-order valence-corrected chi connectivity index (χ2v) is 2.17. The molecule has 51 valence electrons. The standard InChI is InChI=1S/C8H13O/c1-4-7(5-2)8(9)6-3/h7-9H,4-5H2,1-2H3. The van der Waals surface area contributed by atoms with Crippen molar-refractivity contribution in [1.29, 1.82) is 0 Å². The number of hydrogen-bond acceptors (Lipinski definition) is 1. The number of aliphatic hydroxyl groups excluding tert-OH is 1. The number of hydrogen-bond donors (Lipinski definition) is 1. The zero-order valence-electron chi connectivity index (χ0n) is 6.02. The Hall–Kier alpha value is -0.480. The minimum Gasteiger partial charge on any atom is -0.380 e. The van der Waals surface area contributed by atoms with Gasteiger partial charge < -0.3 is 5.11 Å². The van der Waals surface area contributed by atoms with Crippen LogP contribution in [0.15, 0.2) is 0 Å². The van der Waals surface area contributed by atoms with Crippen molar-refractivity contribution in [2.45, 2.75) is 32.8 Å². The molecule has 0 aliphatic rings. The van der Waals surface area contributed by atoms with E-state index in [9.17, 15) is 0 Å². The summed E-state index contributed by atoms with van der Waals surface area (Å²) in [6, 6.07) is 0. The first-order valence-electron chi connectivity index (χ1n) is 3.36. The normalized spacial score (nSPS) is 13.2. The Morgan fingerprint density at radius 3 is 2.00 bits per heavy atom. The van der Waals surface area contributed by atoms with Crippen molar-refractivity contribution in [3.63, 3.8) is 0 Å². The van der Waals surface area contributed by atoms with E-state index in [2.05, 4.69) is 5.92 Å². The summed E-state index contributed by atoms with van der Waals surface area (Å²) in [5, 5.41) is 9.02. The minimum atomic E-state index is -0.653. The maximum atomic E-state index is 9.02. The molecule has 1 heteroatoms. The van der Waals surface area contributed by atoms with Gasteiger partial charge in [-0.05, 0) is 25.2 Å². The fraction of sp³-hybridized carbons (Fsp3) is 0.750. The van der Waals surface area contributed by atoms with Gasteiger partial charge in [0.25, 0.3) is 0 Å². The first-order chi connectivity index (χ1) is 4.26. The molecule has 1 atom stereocenters. The van der Waals surface area contributed by atoms with Crippen molar-refractivity contribution in [2.24, 2.45) is 5.92 Å². The smallest absolute Gasteiger partial charge is 0.118 e. The highest BCUT2D eigenvalue weighted by Gasteiger charge is 2.11. The molecule has 0 saturated heterocycles. The third-order valence-corrected chi connectivity index (χ3v) is 1.64. The van der Waals surface area contributed by atoms with E-state index in [-0.39, 0.29) is 5.92 Å². The van der Waals surface area contributed by atoms with Crippen molar-refractivity contribution in [3.05, 3.63) is 6.42 Å². The second kappa shape index (κ2) is 4.40. The molecule has 0 aromatic rings. The quantitative estimate of drug-likeness (QED) is 0.565. The molecular weight excluding hydrogens is 112 g/mol. The molecule has 0 saturated carbocycles. The molecule has 0 amide bonds. The van der Waals surface area contributed by atoms with E-state index in [1.54, 1.807) is 0 Å². The minimum absolute atomic E-state index is 0.225. The van der Waals surface area contributed by atoms with Gasteiger partial charge in [0.1, 0.15) is 6.10 Å². The van der Waals surface area contributed by atoms with Crippen LogP contribution in [0.5, 0.6) is 0 Å². The highest BCUT2D eigenvalue weighted by atomic mass is 16.3. The third-order valence-electron chi connectivity index (χ3n) is 1.64. The number of aliphatic hydroxyl groups is 1. The molecule has 1 radical (unpaired) electrons. The summed E-state index contributed by atoms with van der Waals surface area (Å²) < 4.78 is 0. The Morgan fingerprint density at radius 1 is 1.44 bits per heavy atom. The molecule has 0 aliphatic carbocycles. The van der Waals surface area contributed by atoms with Crippen molar-refractivity contribution < 1.29 is 5.11 Å². The Balaban J connectivity index is 3.67. The van der Waals surface area contributed by atoms with Crippen molar-refractivity contribution >= 4 is 0 Å². The van der Waals surface area contributed by atoms with Crippen LogP contribution in [0.3, 0.4) is 0 Å². The summed E-state index contributed by atoms with van der Waals surface area (Å²) in [5.74, 6) is 2.30. The lowest BCUT2D eigenvalue weighted by molar-refractivity contribution is 0.155. The van der Waals surface area contributed by atoms with Crippen LogP contribution in [0.25, 0.3) is 0 Å². The molecule has 1 unspecified atom stereocenters. The molecular formula is C8H13O. The fourth-order valence-electron chi connectivity index (χ4n) is 0.853. The van der Waals surface area contributed by atoms with Gasteiger partial charge in [-0.15, -0.1) is 0 Å². The van der Waals surface area contributed by atoms with Gasteiger partial charge in [0.2, 0.25) is 0 Å². The lowest BCUT2D eigenvalue weighted by atomic mass is 9.97. The van der Waals surface area contributed by atoms with Crippen LogP contribution in [-0.4, -0.2) is 11.2 Å². The molecule has 0 aliphatic heterocycles. The van der Waals surface area contributed by atoms with Gasteiger partial charge >= 0.3 is 0 Å². The van der Waals surface area contributed by atoms with E-state index < -0.39 is 6.10 Å². The highest BCUT2D eigenvalue weighted by Crippen LogP contribution is 2.11. The first kappa shape index (κ1) is 8.52. The Bertz CT molecular complexity index is 97.6. The molecule has 0 aromatic carbocycles. The van der Waals surface area contributed by atoms with Gasteiger partial charge in [-0.3, -0.25) is 0 Å². The highest BCUT2D eigenvalue weighted by molar-refractivity contribution is 4.90. The van der Waals surface area contributed by atoms with Crippen LogP contribution in [0.1, 0.15) is 26.7 Å². The second-order valence-electron chi connectivity index (χ2n) is 2.17.